The van der Waals surface area contributed by atoms with E-state index in [4.69, 9.17) is 9.47 Å². The lowest BCUT2D eigenvalue weighted by molar-refractivity contribution is -0.160. The first-order valence-electron chi connectivity index (χ1n) is 8.86. The number of esters is 1. The molecule has 1 aromatic carbocycles. The molecule has 0 spiro atoms. The zero-order valence-corrected chi connectivity index (χ0v) is 17.0. The maximum Gasteiger partial charge on any atom is 0.326 e. The highest BCUT2D eigenvalue weighted by molar-refractivity contribution is 5.85. The topological polar surface area (TPSA) is 59.1 Å². The lowest BCUT2D eigenvalue weighted by Crippen LogP contribution is -2.46. The first-order chi connectivity index (χ1) is 12.0. The molecule has 6 nitrogen and oxygen atoms in total. The largest absolute Gasteiger partial charge is 0.481 e. The Hall–Kier alpha value is -2.08. The van der Waals surface area contributed by atoms with Crippen LogP contribution in [0.15, 0.2) is 24.3 Å². The maximum atomic E-state index is 12.8. The fourth-order valence-corrected chi connectivity index (χ4v) is 2.32. The molecule has 0 saturated heterocycles. The molecule has 1 unspecified atom stereocenters. The van der Waals surface area contributed by atoms with Crippen molar-refractivity contribution in [1.29, 1.82) is 0 Å². The van der Waals surface area contributed by atoms with Gasteiger partial charge in [0.1, 0.15) is 17.9 Å². The Labute approximate surface area is 157 Å². The lowest BCUT2D eigenvalue weighted by Gasteiger charge is -2.28. The summed E-state index contributed by atoms with van der Waals surface area (Å²) in [6, 6.07) is 7.54. The number of likely N-dealkylation sites (N-methyl/N-ethyl adjacent to an activating group) is 1. The molecule has 0 fully saturated rings. The van der Waals surface area contributed by atoms with Crippen LogP contribution in [-0.4, -0.2) is 67.1 Å². The summed E-state index contributed by atoms with van der Waals surface area (Å²) in [6.07, 6.45) is -0.693. The summed E-state index contributed by atoms with van der Waals surface area (Å²) in [5, 5.41) is 0. The Morgan fingerprint density at radius 3 is 2.35 bits per heavy atom. The van der Waals surface area contributed by atoms with Crippen LogP contribution >= 0.6 is 0 Å². The number of benzene rings is 1. The third kappa shape index (κ3) is 8.34. The number of carbonyl (C=O) groups excluding carboxylic acids is 2. The van der Waals surface area contributed by atoms with Crippen LogP contribution in [0.3, 0.4) is 0 Å². The number of hydrogen-bond donors (Lipinski definition) is 0. The molecule has 0 aliphatic rings. The Bertz CT molecular complexity index is 608. The molecule has 6 heteroatoms. The van der Waals surface area contributed by atoms with Gasteiger partial charge in [0, 0.05) is 13.1 Å². The van der Waals surface area contributed by atoms with Crippen molar-refractivity contribution in [3.05, 3.63) is 29.8 Å². The van der Waals surface area contributed by atoms with Crippen LogP contribution in [0.2, 0.25) is 0 Å². The zero-order chi connectivity index (χ0) is 19.9. The van der Waals surface area contributed by atoms with Crippen LogP contribution in [0.4, 0.5) is 0 Å². The quantitative estimate of drug-likeness (QED) is 0.663. The van der Waals surface area contributed by atoms with E-state index in [0.29, 0.717) is 18.8 Å². The summed E-state index contributed by atoms with van der Waals surface area (Å²) >= 11 is 0. The van der Waals surface area contributed by atoms with E-state index >= 15 is 0 Å². The number of carbonyl (C=O) groups is 2. The number of ether oxygens (including phenoxy) is 2. The highest BCUT2D eigenvalue weighted by Gasteiger charge is 2.26. The van der Waals surface area contributed by atoms with E-state index in [1.807, 2.05) is 50.2 Å². The molecule has 26 heavy (non-hydrogen) atoms. The fourth-order valence-electron chi connectivity index (χ4n) is 2.32. The summed E-state index contributed by atoms with van der Waals surface area (Å²) in [5.74, 6) is -0.0257. The van der Waals surface area contributed by atoms with E-state index in [1.165, 1.54) is 4.90 Å². The highest BCUT2D eigenvalue weighted by Crippen LogP contribution is 2.15. The van der Waals surface area contributed by atoms with Crippen LogP contribution in [0.5, 0.6) is 5.75 Å². The van der Waals surface area contributed by atoms with Crippen LogP contribution < -0.4 is 4.74 Å². The molecule has 0 aliphatic heterocycles. The van der Waals surface area contributed by atoms with Crippen molar-refractivity contribution >= 4 is 11.9 Å². The average molecular weight is 364 g/mol. The second-order valence-corrected chi connectivity index (χ2v) is 7.73. The number of nitrogens with zero attached hydrogens (tertiary/aromatic N) is 2. The Balaban J connectivity index is 2.79. The van der Waals surface area contributed by atoms with Gasteiger partial charge in [0.2, 0.25) is 0 Å². The molecule has 1 amide bonds. The number of aryl methyl sites for hydroxylation is 1. The second-order valence-electron chi connectivity index (χ2n) is 7.73. The maximum absolute atomic E-state index is 12.8. The monoisotopic (exact) mass is 364 g/mol. The van der Waals surface area contributed by atoms with Crippen molar-refractivity contribution in [2.75, 3.05) is 33.7 Å². The van der Waals surface area contributed by atoms with Crippen molar-refractivity contribution in [2.45, 2.75) is 46.3 Å². The minimum Gasteiger partial charge on any atom is -0.481 e. The van der Waals surface area contributed by atoms with E-state index < -0.39 is 17.7 Å². The third-order valence-electron chi connectivity index (χ3n) is 3.52. The molecular formula is C20H32N2O4. The fraction of sp³-hybridized carbons (Fsp3) is 0.600. The molecule has 1 rings (SSSR count). The van der Waals surface area contributed by atoms with E-state index in [0.717, 1.165) is 5.56 Å². The molecule has 1 atom stereocenters. The smallest absolute Gasteiger partial charge is 0.326 e. The van der Waals surface area contributed by atoms with Gasteiger partial charge in [0.05, 0.1) is 0 Å². The third-order valence-corrected chi connectivity index (χ3v) is 3.52. The van der Waals surface area contributed by atoms with Gasteiger partial charge in [0.15, 0.2) is 6.10 Å². The zero-order valence-electron chi connectivity index (χ0n) is 17.0. The van der Waals surface area contributed by atoms with Gasteiger partial charge in [-0.25, -0.2) is 0 Å². The molecule has 0 aliphatic carbocycles. The van der Waals surface area contributed by atoms with Crippen molar-refractivity contribution in [1.82, 2.24) is 9.80 Å². The first-order valence-corrected chi connectivity index (χ1v) is 8.86. The Morgan fingerprint density at radius 2 is 1.81 bits per heavy atom. The van der Waals surface area contributed by atoms with Crippen molar-refractivity contribution in [3.63, 3.8) is 0 Å². The van der Waals surface area contributed by atoms with Gasteiger partial charge in [-0.15, -0.1) is 0 Å². The Morgan fingerprint density at radius 1 is 1.15 bits per heavy atom. The molecule has 0 saturated carbocycles. The van der Waals surface area contributed by atoms with Gasteiger partial charge in [-0.3, -0.25) is 9.59 Å². The van der Waals surface area contributed by atoms with Crippen LogP contribution in [0.1, 0.15) is 33.3 Å². The first kappa shape index (κ1) is 22.0. The summed E-state index contributed by atoms with van der Waals surface area (Å²) in [7, 11) is 3.84. The SMILES string of the molecule is Cc1cccc(OC(C)C(=O)N(CCN(C)C)CC(=O)OC(C)(C)C)c1. The van der Waals surface area contributed by atoms with E-state index in [1.54, 1.807) is 27.7 Å². The van der Waals surface area contributed by atoms with Gasteiger partial charge in [-0.2, -0.15) is 0 Å². The number of amides is 1. The molecule has 146 valence electrons. The normalized spacial score (nSPS) is 12.6. The van der Waals surface area contributed by atoms with Crippen LogP contribution in [0.25, 0.3) is 0 Å². The molecule has 0 heterocycles. The highest BCUT2D eigenvalue weighted by atomic mass is 16.6. The summed E-state index contributed by atoms with van der Waals surface area (Å²) < 4.78 is 11.1. The van der Waals surface area contributed by atoms with Crippen molar-refractivity contribution in [2.24, 2.45) is 0 Å². The minimum atomic E-state index is -0.693. The summed E-state index contributed by atoms with van der Waals surface area (Å²) in [6.45, 7) is 10.1. The van der Waals surface area contributed by atoms with Gasteiger partial charge in [-0.05, 0) is 66.4 Å². The summed E-state index contributed by atoms with van der Waals surface area (Å²) in [5.41, 5.74) is 0.470. The summed E-state index contributed by atoms with van der Waals surface area (Å²) in [4.78, 5) is 28.4. The molecular weight excluding hydrogens is 332 g/mol. The number of rotatable bonds is 8. The van der Waals surface area contributed by atoms with Crippen molar-refractivity contribution < 1.29 is 19.1 Å². The van der Waals surface area contributed by atoms with E-state index in [9.17, 15) is 9.59 Å². The standard InChI is InChI=1S/C20H32N2O4/c1-15-9-8-10-17(13-15)25-16(2)19(24)22(12-11-21(6)7)14-18(23)26-20(3,4)5/h8-10,13,16H,11-12,14H2,1-7H3. The Kier molecular flexibility index (Phi) is 8.08. The molecule has 0 radical (unpaired) electrons. The molecule has 1 aromatic rings. The predicted molar refractivity (Wildman–Crippen MR) is 102 cm³/mol. The predicted octanol–water partition coefficient (Wildman–Crippen LogP) is 2.49. The lowest BCUT2D eigenvalue weighted by atomic mass is 10.2. The van der Waals surface area contributed by atoms with Gasteiger partial charge in [-0.1, -0.05) is 12.1 Å². The van der Waals surface area contributed by atoms with Crippen LogP contribution in [0, 0.1) is 6.92 Å². The molecule has 0 bridgehead atoms. The van der Waals surface area contributed by atoms with Crippen LogP contribution in [-0.2, 0) is 14.3 Å². The average Bonchev–Trinajstić information content (AvgIpc) is 2.48. The minimum absolute atomic E-state index is 0.0918. The van der Waals surface area contributed by atoms with Crippen molar-refractivity contribution in [3.8, 4) is 5.75 Å². The molecule has 0 aromatic heterocycles. The van der Waals surface area contributed by atoms with E-state index in [2.05, 4.69) is 0 Å². The molecule has 0 N–H and O–H groups in total. The van der Waals surface area contributed by atoms with Gasteiger partial charge < -0.3 is 19.3 Å². The van der Waals surface area contributed by atoms with E-state index in [-0.39, 0.29) is 12.5 Å². The van der Waals surface area contributed by atoms with Gasteiger partial charge >= 0.3 is 5.97 Å². The van der Waals surface area contributed by atoms with Gasteiger partial charge in [0.25, 0.3) is 5.91 Å². The second kappa shape index (κ2) is 9.57. The number of hydrogen-bond acceptors (Lipinski definition) is 5.